The molecule has 0 bridgehead atoms. The highest BCUT2D eigenvalue weighted by atomic mass is 35.5. The molecule has 1 aromatic rings. The van der Waals surface area contributed by atoms with Crippen LogP contribution in [0.15, 0.2) is 23.1 Å². The van der Waals surface area contributed by atoms with Crippen LogP contribution in [-0.4, -0.2) is 20.7 Å². The molecule has 104 valence electrons. The minimum Gasteiger partial charge on any atom is -0.309 e. The molecule has 0 saturated carbocycles. The van der Waals surface area contributed by atoms with E-state index in [0.717, 1.165) is 6.42 Å². The van der Waals surface area contributed by atoms with E-state index in [9.17, 15) is 8.42 Å². The van der Waals surface area contributed by atoms with E-state index < -0.39 is 9.84 Å². The Balaban J connectivity index is 2.98. The summed E-state index contributed by atoms with van der Waals surface area (Å²) in [5.41, 5.74) is 0.599. The van der Waals surface area contributed by atoms with Gasteiger partial charge in [0.2, 0.25) is 0 Å². The van der Waals surface area contributed by atoms with Gasteiger partial charge in [-0.25, -0.2) is 8.42 Å². The number of sulfone groups is 1. The maximum absolute atomic E-state index is 11.7. The number of terminal acetylenes is 1. The molecule has 5 heteroatoms. The lowest BCUT2D eigenvalue weighted by Gasteiger charge is -2.16. The van der Waals surface area contributed by atoms with Crippen molar-refractivity contribution >= 4 is 21.4 Å². The molecule has 3 nitrogen and oxygen atoms in total. The highest BCUT2D eigenvalue weighted by Gasteiger charge is 2.16. The fraction of sp³-hybridized carbons (Fsp3) is 0.429. The Hall–Kier alpha value is -1.02. The van der Waals surface area contributed by atoms with Crippen LogP contribution in [-0.2, 0) is 16.4 Å². The van der Waals surface area contributed by atoms with Crippen molar-refractivity contribution in [2.24, 2.45) is 0 Å². The molecule has 1 aromatic carbocycles. The maximum Gasteiger partial charge on any atom is 0.175 e. The first-order chi connectivity index (χ1) is 8.90. The Morgan fingerprint density at radius 2 is 2.16 bits per heavy atom. The van der Waals surface area contributed by atoms with Gasteiger partial charge in [-0.05, 0) is 18.6 Å². The fourth-order valence-corrected chi connectivity index (χ4v) is 3.06. The molecule has 1 rings (SSSR count). The van der Waals surface area contributed by atoms with Crippen LogP contribution in [0.3, 0.4) is 0 Å². The van der Waals surface area contributed by atoms with E-state index in [1.54, 1.807) is 18.2 Å². The first-order valence-corrected chi connectivity index (χ1v) is 8.31. The highest BCUT2D eigenvalue weighted by molar-refractivity contribution is 7.90. The third kappa shape index (κ3) is 4.54. The maximum atomic E-state index is 11.7. The van der Waals surface area contributed by atoms with Gasteiger partial charge in [0.1, 0.15) is 0 Å². The molecule has 1 unspecified atom stereocenters. The molecular formula is C14H18ClNO2S. The average molecular weight is 300 g/mol. The summed E-state index contributed by atoms with van der Waals surface area (Å²) in [7, 11) is -3.29. The summed E-state index contributed by atoms with van der Waals surface area (Å²) in [6, 6.07) is 5.06. The van der Waals surface area contributed by atoms with E-state index in [1.165, 1.54) is 6.26 Å². The summed E-state index contributed by atoms with van der Waals surface area (Å²) < 4.78 is 23.5. The van der Waals surface area contributed by atoms with E-state index >= 15 is 0 Å². The lowest BCUT2D eigenvalue weighted by molar-refractivity contribution is 0.503. The molecule has 0 spiro atoms. The van der Waals surface area contributed by atoms with E-state index in [1.807, 2.05) is 6.92 Å². The summed E-state index contributed by atoms with van der Waals surface area (Å²) in [5, 5.41) is 3.70. The minimum atomic E-state index is -3.29. The van der Waals surface area contributed by atoms with Crippen LogP contribution >= 0.6 is 11.6 Å². The molecule has 1 atom stereocenters. The van der Waals surface area contributed by atoms with Crippen LogP contribution in [0.5, 0.6) is 0 Å². The van der Waals surface area contributed by atoms with E-state index in [4.69, 9.17) is 18.0 Å². The van der Waals surface area contributed by atoms with Crippen molar-refractivity contribution in [3.63, 3.8) is 0 Å². The SMILES string of the molecule is C#CCC(CC)NCc1c(Cl)cccc1S(C)(=O)=O. The second-order valence-corrected chi connectivity index (χ2v) is 6.77. The van der Waals surface area contributed by atoms with Gasteiger partial charge in [-0.3, -0.25) is 0 Å². The zero-order valence-corrected chi connectivity index (χ0v) is 12.7. The molecular weight excluding hydrogens is 282 g/mol. The fourth-order valence-electron chi connectivity index (χ4n) is 1.81. The third-order valence-electron chi connectivity index (χ3n) is 2.90. The smallest absolute Gasteiger partial charge is 0.175 e. The quantitative estimate of drug-likeness (QED) is 0.822. The summed E-state index contributed by atoms with van der Waals surface area (Å²) in [5.74, 6) is 2.60. The molecule has 0 radical (unpaired) electrons. The van der Waals surface area contributed by atoms with Gasteiger partial charge in [0.05, 0.1) is 4.90 Å². The Morgan fingerprint density at radius 1 is 1.47 bits per heavy atom. The number of halogens is 1. The number of benzene rings is 1. The summed E-state index contributed by atoms with van der Waals surface area (Å²) >= 11 is 6.09. The molecule has 1 N–H and O–H groups in total. The van der Waals surface area contributed by atoms with Crippen molar-refractivity contribution in [1.82, 2.24) is 5.32 Å². The van der Waals surface area contributed by atoms with Crippen molar-refractivity contribution < 1.29 is 8.42 Å². The molecule has 0 fully saturated rings. The van der Waals surface area contributed by atoms with Gasteiger partial charge in [-0.1, -0.05) is 24.6 Å². The van der Waals surface area contributed by atoms with Gasteiger partial charge >= 0.3 is 0 Å². The largest absolute Gasteiger partial charge is 0.309 e. The van der Waals surface area contributed by atoms with Gasteiger partial charge in [0.15, 0.2) is 9.84 Å². The molecule has 0 aliphatic rings. The van der Waals surface area contributed by atoms with Gasteiger partial charge in [0.25, 0.3) is 0 Å². The predicted molar refractivity (Wildman–Crippen MR) is 78.9 cm³/mol. The summed E-state index contributed by atoms with van der Waals surface area (Å²) in [6.07, 6.45) is 7.96. The molecule has 19 heavy (non-hydrogen) atoms. The normalized spacial score (nSPS) is 12.9. The summed E-state index contributed by atoms with van der Waals surface area (Å²) in [6.45, 7) is 2.42. The monoisotopic (exact) mass is 299 g/mol. The zero-order chi connectivity index (χ0) is 14.5. The third-order valence-corrected chi connectivity index (χ3v) is 4.44. The predicted octanol–water partition coefficient (Wildman–Crippen LogP) is 2.64. The van der Waals surface area contributed by atoms with Gasteiger partial charge < -0.3 is 5.32 Å². The number of hydrogen-bond donors (Lipinski definition) is 1. The Morgan fingerprint density at radius 3 is 2.68 bits per heavy atom. The lowest BCUT2D eigenvalue weighted by Crippen LogP contribution is -2.28. The van der Waals surface area contributed by atoms with E-state index in [-0.39, 0.29) is 10.9 Å². The molecule has 0 amide bonds. The topological polar surface area (TPSA) is 46.2 Å². The molecule has 0 aliphatic heterocycles. The Labute approximate surface area is 120 Å². The number of nitrogens with one attached hydrogen (secondary N) is 1. The Bertz CT molecular complexity index is 576. The Kier molecular flexibility index (Phi) is 5.86. The molecule has 0 aromatic heterocycles. The van der Waals surface area contributed by atoms with Crippen molar-refractivity contribution in [2.75, 3.05) is 6.26 Å². The number of hydrogen-bond acceptors (Lipinski definition) is 3. The molecule has 0 heterocycles. The van der Waals surface area contributed by atoms with Crippen molar-refractivity contribution in [3.05, 3.63) is 28.8 Å². The lowest BCUT2D eigenvalue weighted by atomic mass is 10.1. The van der Waals surface area contributed by atoms with E-state index in [0.29, 0.717) is 23.6 Å². The number of rotatable bonds is 6. The van der Waals surface area contributed by atoms with Crippen LogP contribution in [0.2, 0.25) is 5.02 Å². The van der Waals surface area contributed by atoms with Gasteiger partial charge in [0, 0.05) is 35.8 Å². The van der Waals surface area contributed by atoms with Crippen LogP contribution in [0.25, 0.3) is 0 Å². The van der Waals surface area contributed by atoms with Crippen LogP contribution in [0.4, 0.5) is 0 Å². The molecule has 0 aliphatic carbocycles. The average Bonchev–Trinajstić information content (AvgIpc) is 2.34. The summed E-state index contributed by atoms with van der Waals surface area (Å²) in [4.78, 5) is 0.267. The van der Waals surface area contributed by atoms with Gasteiger partial charge in [-0.2, -0.15) is 0 Å². The van der Waals surface area contributed by atoms with E-state index in [2.05, 4.69) is 11.2 Å². The standard InChI is InChI=1S/C14H18ClNO2S/c1-4-7-11(5-2)16-10-12-13(15)8-6-9-14(12)19(3,17)18/h1,6,8-9,11,16H,5,7,10H2,2-3H3. The van der Waals surface area contributed by atoms with Crippen LogP contribution in [0, 0.1) is 12.3 Å². The van der Waals surface area contributed by atoms with Crippen LogP contribution < -0.4 is 5.32 Å². The van der Waals surface area contributed by atoms with Crippen molar-refractivity contribution in [1.29, 1.82) is 0 Å². The highest BCUT2D eigenvalue weighted by Crippen LogP contribution is 2.24. The second-order valence-electron chi connectivity index (χ2n) is 4.38. The first kappa shape index (κ1) is 16.0. The van der Waals surface area contributed by atoms with Gasteiger partial charge in [-0.15, -0.1) is 12.3 Å². The van der Waals surface area contributed by atoms with Crippen molar-refractivity contribution in [3.8, 4) is 12.3 Å². The first-order valence-electron chi connectivity index (χ1n) is 6.04. The molecule has 0 saturated heterocycles. The van der Waals surface area contributed by atoms with Crippen LogP contribution in [0.1, 0.15) is 25.3 Å². The minimum absolute atomic E-state index is 0.161. The zero-order valence-electron chi connectivity index (χ0n) is 11.1. The van der Waals surface area contributed by atoms with Crippen molar-refractivity contribution in [2.45, 2.75) is 37.2 Å². The second kappa shape index (κ2) is 6.95.